The summed E-state index contributed by atoms with van der Waals surface area (Å²) < 4.78 is 0. The van der Waals surface area contributed by atoms with E-state index in [9.17, 15) is 24.6 Å². The SMILES string of the molecule is CC1(C)CC[C@]2(C(=O)O)CC[C@]3(C)[C@H](CC[C@@H]4[C@@]5(C)C=CC(=O)C(C)(C(=O)O)C5CC[C@]43C)[C@H]2C1. The molecule has 0 spiro atoms. The van der Waals surface area contributed by atoms with Crippen molar-refractivity contribution in [3.05, 3.63) is 12.2 Å². The maximum atomic E-state index is 12.9. The van der Waals surface area contributed by atoms with Crippen molar-refractivity contribution in [3.8, 4) is 0 Å². The summed E-state index contributed by atoms with van der Waals surface area (Å²) >= 11 is 0. The van der Waals surface area contributed by atoms with Gasteiger partial charge in [0.1, 0.15) is 5.41 Å². The van der Waals surface area contributed by atoms with Crippen molar-refractivity contribution < 1.29 is 24.6 Å². The monoisotopic (exact) mass is 484 g/mol. The van der Waals surface area contributed by atoms with E-state index in [1.807, 2.05) is 0 Å². The zero-order chi connectivity index (χ0) is 25.8. The molecule has 5 nitrogen and oxygen atoms in total. The zero-order valence-corrected chi connectivity index (χ0v) is 22.4. The Morgan fingerprint density at radius 2 is 1.43 bits per heavy atom. The first-order valence-corrected chi connectivity index (χ1v) is 13.8. The lowest BCUT2D eigenvalue weighted by molar-refractivity contribution is -0.233. The van der Waals surface area contributed by atoms with Crippen LogP contribution in [0.5, 0.6) is 0 Å². The highest BCUT2D eigenvalue weighted by atomic mass is 16.4. The molecule has 2 unspecified atom stereocenters. The number of aliphatic carboxylic acids is 2. The van der Waals surface area contributed by atoms with E-state index in [4.69, 9.17) is 0 Å². The van der Waals surface area contributed by atoms with Crippen LogP contribution in [0.3, 0.4) is 0 Å². The molecule has 0 heterocycles. The second kappa shape index (κ2) is 7.22. The summed E-state index contributed by atoms with van der Waals surface area (Å²) in [5.74, 6) is -1.23. The molecule has 0 aliphatic heterocycles. The van der Waals surface area contributed by atoms with Crippen molar-refractivity contribution in [3.63, 3.8) is 0 Å². The number of carbonyl (C=O) groups excluding carboxylic acids is 1. The first kappa shape index (κ1) is 25.0. The van der Waals surface area contributed by atoms with Gasteiger partial charge in [0, 0.05) is 0 Å². The Morgan fingerprint density at radius 3 is 2.06 bits per heavy atom. The molecule has 0 saturated heterocycles. The van der Waals surface area contributed by atoms with Crippen LogP contribution in [0.4, 0.5) is 0 Å². The van der Waals surface area contributed by atoms with Crippen LogP contribution >= 0.6 is 0 Å². The molecule has 4 fully saturated rings. The summed E-state index contributed by atoms with van der Waals surface area (Å²) in [4.78, 5) is 38.1. The van der Waals surface area contributed by atoms with Gasteiger partial charge in [0.25, 0.3) is 0 Å². The van der Waals surface area contributed by atoms with E-state index in [2.05, 4.69) is 40.7 Å². The molecule has 9 atom stereocenters. The number of carbonyl (C=O) groups is 3. The fourth-order valence-corrected chi connectivity index (χ4v) is 10.7. The van der Waals surface area contributed by atoms with Crippen molar-refractivity contribution in [2.45, 2.75) is 99.3 Å². The molecule has 0 radical (unpaired) electrons. The van der Waals surface area contributed by atoms with Gasteiger partial charge in [0.2, 0.25) is 0 Å². The lowest BCUT2D eigenvalue weighted by Crippen LogP contribution is -2.67. The average Bonchev–Trinajstić information content (AvgIpc) is 2.76. The Bertz CT molecular complexity index is 1010. The maximum absolute atomic E-state index is 12.9. The summed E-state index contributed by atoms with van der Waals surface area (Å²) in [6.45, 7) is 13.3. The molecule has 0 aromatic heterocycles. The summed E-state index contributed by atoms with van der Waals surface area (Å²) in [6, 6.07) is 0. The zero-order valence-electron chi connectivity index (χ0n) is 22.4. The molecule has 35 heavy (non-hydrogen) atoms. The van der Waals surface area contributed by atoms with Crippen molar-refractivity contribution in [1.82, 2.24) is 0 Å². The number of allylic oxidation sites excluding steroid dienone is 2. The molecule has 2 N–H and O–H groups in total. The molecule has 5 aliphatic rings. The Balaban J connectivity index is 1.58. The lowest BCUT2D eigenvalue weighted by Gasteiger charge is -2.72. The Kier molecular flexibility index (Phi) is 5.16. The van der Waals surface area contributed by atoms with Crippen LogP contribution in [0, 0.1) is 56.2 Å². The van der Waals surface area contributed by atoms with Gasteiger partial charge in [0.05, 0.1) is 5.41 Å². The molecule has 5 aliphatic carbocycles. The van der Waals surface area contributed by atoms with Crippen LogP contribution in [0.15, 0.2) is 12.2 Å². The highest BCUT2D eigenvalue weighted by Crippen LogP contribution is 2.76. The van der Waals surface area contributed by atoms with Gasteiger partial charge in [0.15, 0.2) is 5.78 Å². The average molecular weight is 485 g/mol. The second-order valence-corrected chi connectivity index (χ2v) is 14.7. The van der Waals surface area contributed by atoms with Crippen LogP contribution in [0.25, 0.3) is 0 Å². The third-order valence-corrected chi connectivity index (χ3v) is 13.1. The smallest absolute Gasteiger partial charge is 0.317 e. The number of ketones is 1. The number of carboxylic acid groups (broad SMARTS) is 2. The molecule has 5 heteroatoms. The minimum atomic E-state index is -1.37. The van der Waals surface area contributed by atoms with Crippen LogP contribution in [0.1, 0.15) is 99.3 Å². The first-order chi connectivity index (χ1) is 16.1. The third-order valence-electron chi connectivity index (χ3n) is 13.1. The quantitative estimate of drug-likeness (QED) is 0.445. The Hall–Kier alpha value is -1.65. The van der Waals surface area contributed by atoms with Gasteiger partial charge in [-0.3, -0.25) is 14.4 Å². The predicted molar refractivity (Wildman–Crippen MR) is 134 cm³/mol. The Morgan fingerprint density at radius 1 is 0.771 bits per heavy atom. The minimum Gasteiger partial charge on any atom is -0.481 e. The summed E-state index contributed by atoms with van der Waals surface area (Å²) in [7, 11) is 0. The molecule has 5 rings (SSSR count). The topological polar surface area (TPSA) is 91.7 Å². The molecule has 0 aromatic rings. The second-order valence-electron chi connectivity index (χ2n) is 14.7. The van der Waals surface area contributed by atoms with E-state index in [0.717, 1.165) is 57.8 Å². The van der Waals surface area contributed by atoms with E-state index in [1.165, 1.54) is 0 Å². The standard InChI is InChI=1S/C30H44O5/c1-25(2)13-15-30(24(34)35)16-14-27(4)18(19(30)17-25)7-8-20-26(3)11-10-22(31)29(6,23(32)33)21(26)9-12-28(20,27)5/h10-11,18-21H,7-9,12-17H2,1-6H3,(H,32,33)(H,34,35)/t18-,19-,20-,21?,26-,27-,28-,29?,30+/m1/s1. The number of rotatable bonds is 2. The van der Waals surface area contributed by atoms with Crippen molar-refractivity contribution in [2.75, 3.05) is 0 Å². The molecule has 4 saturated carbocycles. The number of carboxylic acids is 2. The Labute approximate surface area is 210 Å². The third kappa shape index (κ3) is 2.90. The van der Waals surface area contributed by atoms with Crippen LogP contribution < -0.4 is 0 Å². The number of hydrogen-bond donors (Lipinski definition) is 2. The van der Waals surface area contributed by atoms with Crippen LogP contribution in [-0.2, 0) is 14.4 Å². The molecular formula is C30H44O5. The van der Waals surface area contributed by atoms with Crippen molar-refractivity contribution >= 4 is 17.7 Å². The summed E-state index contributed by atoms with van der Waals surface area (Å²) in [5, 5.41) is 20.7. The highest BCUT2D eigenvalue weighted by molar-refractivity contribution is 6.09. The van der Waals surface area contributed by atoms with E-state index in [-0.39, 0.29) is 45.2 Å². The number of fused-ring (bicyclic) bond motifs is 7. The fourth-order valence-electron chi connectivity index (χ4n) is 10.7. The van der Waals surface area contributed by atoms with Gasteiger partial charge in [-0.2, -0.15) is 0 Å². The lowest BCUT2D eigenvalue weighted by atomic mass is 9.32. The van der Waals surface area contributed by atoms with Gasteiger partial charge in [-0.25, -0.2) is 0 Å². The molecular weight excluding hydrogens is 440 g/mol. The van der Waals surface area contributed by atoms with Gasteiger partial charge in [-0.05, 0) is 116 Å². The van der Waals surface area contributed by atoms with Gasteiger partial charge in [-0.1, -0.05) is 40.7 Å². The van der Waals surface area contributed by atoms with Gasteiger partial charge >= 0.3 is 11.9 Å². The molecule has 0 amide bonds. The van der Waals surface area contributed by atoms with Gasteiger partial charge in [-0.15, -0.1) is 0 Å². The predicted octanol–water partition coefficient (Wildman–Crippen LogP) is 6.36. The molecule has 194 valence electrons. The van der Waals surface area contributed by atoms with Gasteiger partial charge < -0.3 is 10.2 Å². The largest absolute Gasteiger partial charge is 0.481 e. The fraction of sp³-hybridized carbons (Fsp3) is 0.833. The van der Waals surface area contributed by atoms with Crippen molar-refractivity contribution in [2.24, 2.45) is 56.2 Å². The molecule has 0 aromatic carbocycles. The van der Waals surface area contributed by atoms with E-state index >= 15 is 0 Å². The highest BCUT2D eigenvalue weighted by Gasteiger charge is 2.71. The summed E-state index contributed by atoms with van der Waals surface area (Å²) in [5.41, 5.74) is -2.16. The minimum absolute atomic E-state index is 0.00978. The maximum Gasteiger partial charge on any atom is 0.317 e. The number of hydrogen-bond acceptors (Lipinski definition) is 3. The van der Waals surface area contributed by atoms with E-state index < -0.39 is 22.8 Å². The normalized spacial score (nSPS) is 52.5. The van der Waals surface area contributed by atoms with E-state index in [1.54, 1.807) is 13.0 Å². The van der Waals surface area contributed by atoms with Crippen LogP contribution in [-0.4, -0.2) is 27.9 Å². The molecule has 0 bridgehead atoms. The van der Waals surface area contributed by atoms with Crippen LogP contribution in [0.2, 0.25) is 0 Å². The van der Waals surface area contributed by atoms with E-state index in [0.29, 0.717) is 5.92 Å². The van der Waals surface area contributed by atoms with Crippen molar-refractivity contribution in [1.29, 1.82) is 0 Å². The first-order valence-electron chi connectivity index (χ1n) is 13.8. The summed E-state index contributed by atoms with van der Waals surface area (Å²) in [6.07, 6.45) is 11.6.